The Balaban J connectivity index is 1.83. The molecule has 0 spiro atoms. The maximum Gasteiger partial charge on any atom is 0.221 e. The molecule has 1 heterocycles. The summed E-state index contributed by atoms with van der Waals surface area (Å²) in [5.41, 5.74) is 1.19. The molecule has 0 radical (unpaired) electrons. The van der Waals surface area contributed by atoms with Crippen LogP contribution in [0, 0.1) is 0 Å². The molecular weight excluding hydrogens is 240 g/mol. The molecule has 0 fully saturated rings. The number of carbonyl (C=O) groups is 1. The van der Waals surface area contributed by atoms with Crippen LogP contribution in [0.2, 0.25) is 0 Å². The summed E-state index contributed by atoms with van der Waals surface area (Å²) < 4.78 is 5.61. The van der Waals surface area contributed by atoms with Gasteiger partial charge in [0.15, 0.2) is 0 Å². The van der Waals surface area contributed by atoms with Gasteiger partial charge in [-0.3, -0.25) is 4.79 Å². The Kier molecular flexibility index (Phi) is 4.80. The summed E-state index contributed by atoms with van der Waals surface area (Å²) in [7, 11) is 0. The van der Waals surface area contributed by atoms with Crippen molar-refractivity contribution in [1.29, 1.82) is 0 Å². The number of hydrogen-bond acceptors (Lipinski definition) is 3. The third kappa shape index (κ3) is 3.96. The summed E-state index contributed by atoms with van der Waals surface area (Å²) in [6.07, 6.45) is 1.46. The highest BCUT2D eigenvalue weighted by Gasteiger charge is 2.20. The van der Waals surface area contributed by atoms with Gasteiger partial charge < -0.3 is 15.4 Å². The number of fused-ring (bicyclic) bond motifs is 1. The van der Waals surface area contributed by atoms with E-state index in [4.69, 9.17) is 4.74 Å². The molecule has 104 valence electrons. The van der Waals surface area contributed by atoms with Crippen LogP contribution in [-0.4, -0.2) is 25.1 Å². The number of hydrogen-bond donors (Lipinski definition) is 2. The number of benzene rings is 1. The highest BCUT2D eigenvalue weighted by atomic mass is 16.5. The summed E-state index contributed by atoms with van der Waals surface area (Å²) in [6, 6.07) is 8.58. The maximum atomic E-state index is 11.6. The first-order valence-corrected chi connectivity index (χ1v) is 6.91. The Hall–Kier alpha value is -1.55. The molecule has 1 atom stereocenters. The van der Waals surface area contributed by atoms with E-state index in [2.05, 4.69) is 16.7 Å². The van der Waals surface area contributed by atoms with E-state index in [9.17, 15) is 4.79 Å². The van der Waals surface area contributed by atoms with Gasteiger partial charge in [0.25, 0.3) is 0 Å². The van der Waals surface area contributed by atoms with Gasteiger partial charge in [-0.15, -0.1) is 0 Å². The second-order valence-corrected chi connectivity index (χ2v) is 5.15. The van der Waals surface area contributed by atoms with E-state index in [0.29, 0.717) is 13.0 Å². The quantitative estimate of drug-likeness (QED) is 0.853. The summed E-state index contributed by atoms with van der Waals surface area (Å²) in [4.78, 5) is 11.6. The lowest BCUT2D eigenvalue weighted by molar-refractivity contribution is -0.121. The Morgan fingerprint density at radius 3 is 3.00 bits per heavy atom. The first-order valence-electron chi connectivity index (χ1n) is 6.91. The van der Waals surface area contributed by atoms with E-state index >= 15 is 0 Å². The molecule has 4 nitrogen and oxygen atoms in total. The third-order valence-electron chi connectivity index (χ3n) is 3.15. The van der Waals surface area contributed by atoms with E-state index < -0.39 is 0 Å². The van der Waals surface area contributed by atoms with Crippen molar-refractivity contribution in [1.82, 2.24) is 10.6 Å². The third-order valence-corrected chi connectivity index (χ3v) is 3.15. The summed E-state index contributed by atoms with van der Waals surface area (Å²) in [5, 5.41) is 6.34. The lowest BCUT2D eigenvalue weighted by atomic mass is 10.0. The minimum absolute atomic E-state index is 0.0999. The molecule has 0 saturated carbocycles. The van der Waals surface area contributed by atoms with Crippen molar-refractivity contribution in [3.63, 3.8) is 0 Å². The van der Waals surface area contributed by atoms with Crippen LogP contribution in [-0.2, 0) is 4.79 Å². The fraction of sp³-hybridized carbons (Fsp3) is 0.533. The molecule has 0 aromatic heterocycles. The summed E-state index contributed by atoms with van der Waals surface area (Å²) >= 11 is 0. The zero-order valence-corrected chi connectivity index (χ0v) is 11.6. The average Bonchev–Trinajstić information content (AvgIpc) is 2.38. The lowest BCUT2D eigenvalue weighted by Crippen LogP contribution is -2.34. The molecular formula is C15H22N2O2. The van der Waals surface area contributed by atoms with Crippen molar-refractivity contribution >= 4 is 5.91 Å². The highest BCUT2D eigenvalue weighted by molar-refractivity contribution is 5.76. The molecule has 2 N–H and O–H groups in total. The van der Waals surface area contributed by atoms with Crippen molar-refractivity contribution in [2.45, 2.75) is 38.8 Å². The molecule has 19 heavy (non-hydrogen) atoms. The molecule has 1 aromatic carbocycles. The number of rotatable bonds is 5. The van der Waals surface area contributed by atoms with Gasteiger partial charge in [0.2, 0.25) is 5.91 Å². The van der Waals surface area contributed by atoms with Gasteiger partial charge in [-0.2, -0.15) is 0 Å². The topological polar surface area (TPSA) is 50.4 Å². The average molecular weight is 262 g/mol. The van der Waals surface area contributed by atoms with E-state index in [-0.39, 0.29) is 18.0 Å². The molecule has 1 amide bonds. The maximum absolute atomic E-state index is 11.6. The highest BCUT2D eigenvalue weighted by Crippen LogP contribution is 2.31. The van der Waals surface area contributed by atoms with Crippen molar-refractivity contribution in [2.24, 2.45) is 0 Å². The van der Waals surface area contributed by atoms with Crippen LogP contribution < -0.4 is 15.4 Å². The molecule has 1 aliphatic heterocycles. The Morgan fingerprint density at radius 2 is 2.21 bits per heavy atom. The Bertz CT molecular complexity index is 432. The second kappa shape index (κ2) is 6.57. The molecule has 0 saturated heterocycles. The lowest BCUT2D eigenvalue weighted by Gasteiger charge is -2.26. The van der Waals surface area contributed by atoms with E-state index in [1.165, 1.54) is 5.56 Å². The van der Waals surface area contributed by atoms with E-state index in [0.717, 1.165) is 18.8 Å². The van der Waals surface area contributed by atoms with Gasteiger partial charge in [0, 0.05) is 37.0 Å². The molecule has 1 unspecified atom stereocenters. The van der Waals surface area contributed by atoms with Crippen LogP contribution in [0.4, 0.5) is 0 Å². The Labute approximate surface area is 114 Å². The zero-order valence-electron chi connectivity index (χ0n) is 11.6. The monoisotopic (exact) mass is 262 g/mol. The van der Waals surface area contributed by atoms with Gasteiger partial charge in [0.1, 0.15) is 5.75 Å². The zero-order chi connectivity index (χ0) is 13.7. The van der Waals surface area contributed by atoms with Crippen LogP contribution in [0.1, 0.15) is 38.3 Å². The Morgan fingerprint density at radius 1 is 1.42 bits per heavy atom. The smallest absolute Gasteiger partial charge is 0.221 e. The fourth-order valence-electron chi connectivity index (χ4n) is 2.31. The van der Waals surface area contributed by atoms with Crippen molar-refractivity contribution in [2.75, 3.05) is 13.2 Å². The predicted molar refractivity (Wildman–Crippen MR) is 75.2 cm³/mol. The van der Waals surface area contributed by atoms with Crippen LogP contribution >= 0.6 is 0 Å². The first kappa shape index (κ1) is 13.9. The van der Waals surface area contributed by atoms with Gasteiger partial charge >= 0.3 is 0 Å². The standard InChI is InChI=1S/C15H22N2O2/c1-11(2)17-15(18)7-9-16-13-8-10-19-14-6-4-3-5-12(13)14/h3-6,11,13,16H,7-10H2,1-2H3,(H,17,18). The minimum atomic E-state index is 0.0999. The number of amides is 1. The van der Waals surface area contributed by atoms with Crippen molar-refractivity contribution in [3.8, 4) is 5.75 Å². The summed E-state index contributed by atoms with van der Waals surface area (Å²) in [6.45, 7) is 5.37. The molecule has 4 heteroatoms. The van der Waals surface area contributed by atoms with Gasteiger partial charge in [-0.1, -0.05) is 18.2 Å². The van der Waals surface area contributed by atoms with Gasteiger partial charge in [-0.25, -0.2) is 0 Å². The second-order valence-electron chi connectivity index (χ2n) is 5.15. The molecule has 1 aliphatic rings. The van der Waals surface area contributed by atoms with Gasteiger partial charge in [-0.05, 0) is 19.9 Å². The molecule has 1 aromatic rings. The van der Waals surface area contributed by atoms with E-state index in [1.807, 2.05) is 32.0 Å². The molecule has 2 rings (SSSR count). The molecule has 0 aliphatic carbocycles. The largest absolute Gasteiger partial charge is 0.493 e. The number of ether oxygens (including phenoxy) is 1. The molecule has 0 bridgehead atoms. The number of nitrogens with one attached hydrogen (secondary N) is 2. The fourth-order valence-corrected chi connectivity index (χ4v) is 2.31. The van der Waals surface area contributed by atoms with Crippen molar-refractivity contribution < 1.29 is 9.53 Å². The normalized spacial score (nSPS) is 17.7. The summed E-state index contributed by atoms with van der Waals surface area (Å²) in [5.74, 6) is 1.06. The number of para-hydroxylation sites is 1. The van der Waals surface area contributed by atoms with Gasteiger partial charge in [0.05, 0.1) is 6.61 Å². The number of carbonyl (C=O) groups excluding carboxylic acids is 1. The van der Waals surface area contributed by atoms with Crippen molar-refractivity contribution in [3.05, 3.63) is 29.8 Å². The van der Waals surface area contributed by atoms with Crippen LogP contribution in [0.15, 0.2) is 24.3 Å². The predicted octanol–water partition coefficient (Wildman–Crippen LogP) is 2.01. The first-order chi connectivity index (χ1) is 9.16. The van der Waals surface area contributed by atoms with E-state index in [1.54, 1.807) is 0 Å². The SMILES string of the molecule is CC(C)NC(=O)CCNC1CCOc2ccccc21. The van der Waals surface area contributed by atoms with Crippen LogP contribution in [0.25, 0.3) is 0 Å². The van der Waals surface area contributed by atoms with Crippen LogP contribution in [0.3, 0.4) is 0 Å². The minimum Gasteiger partial charge on any atom is -0.493 e. The van der Waals surface area contributed by atoms with Crippen LogP contribution in [0.5, 0.6) is 5.75 Å².